The van der Waals surface area contributed by atoms with E-state index in [0.29, 0.717) is 32.5 Å². The number of likely N-dealkylation sites (tertiary alicyclic amines) is 1. The number of hydrogen-bond donors (Lipinski definition) is 2. The molecule has 148 valence electrons. The van der Waals surface area contributed by atoms with Gasteiger partial charge in [-0.05, 0) is 63.1 Å². The standard InChI is InChI=1S/C22H27N3O3/c1-3-28-20-10-8-18(9-11-20)23-21(26)17-12-14-25(15-13-17)22(27)24-19-6-4-16(2)5-7-19/h4-11,17H,3,12-15H2,1-2H3,(H,23,26)(H,24,27). The first-order chi connectivity index (χ1) is 13.5. The summed E-state index contributed by atoms with van der Waals surface area (Å²) >= 11 is 0. The first-order valence-electron chi connectivity index (χ1n) is 9.71. The lowest BCUT2D eigenvalue weighted by molar-refractivity contribution is -0.121. The number of urea groups is 1. The maximum atomic E-state index is 12.5. The number of hydrogen-bond acceptors (Lipinski definition) is 3. The van der Waals surface area contributed by atoms with Gasteiger partial charge in [-0.2, -0.15) is 0 Å². The molecule has 3 rings (SSSR count). The molecule has 0 bridgehead atoms. The van der Waals surface area contributed by atoms with Crippen LogP contribution in [0, 0.1) is 12.8 Å². The Hall–Kier alpha value is -3.02. The Bertz CT molecular complexity index is 795. The molecule has 0 unspecified atom stereocenters. The second-order valence-electron chi connectivity index (χ2n) is 7.00. The summed E-state index contributed by atoms with van der Waals surface area (Å²) in [4.78, 5) is 26.7. The molecule has 0 saturated carbocycles. The molecule has 0 spiro atoms. The van der Waals surface area contributed by atoms with Crippen molar-refractivity contribution in [3.8, 4) is 5.75 Å². The summed E-state index contributed by atoms with van der Waals surface area (Å²) in [6.45, 7) is 5.69. The maximum Gasteiger partial charge on any atom is 0.321 e. The van der Waals surface area contributed by atoms with Crippen molar-refractivity contribution in [2.75, 3.05) is 30.3 Å². The van der Waals surface area contributed by atoms with E-state index in [1.807, 2.05) is 62.4 Å². The Morgan fingerprint density at radius 3 is 2.14 bits per heavy atom. The quantitative estimate of drug-likeness (QED) is 0.812. The molecule has 1 heterocycles. The van der Waals surface area contributed by atoms with Crippen LogP contribution in [0.4, 0.5) is 16.2 Å². The Kier molecular flexibility index (Phi) is 6.53. The van der Waals surface area contributed by atoms with Gasteiger partial charge >= 0.3 is 6.03 Å². The van der Waals surface area contributed by atoms with Crippen LogP contribution in [0.5, 0.6) is 5.75 Å². The van der Waals surface area contributed by atoms with E-state index < -0.39 is 0 Å². The van der Waals surface area contributed by atoms with Crippen molar-refractivity contribution in [1.29, 1.82) is 0 Å². The third-order valence-electron chi connectivity index (χ3n) is 4.89. The second kappa shape index (κ2) is 9.26. The summed E-state index contributed by atoms with van der Waals surface area (Å²) in [5.41, 5.74) is 2.69. The third-order valence-corrected chi connectivity index (χ3v) is 4.89. The van der Waals surface area contributed by atoms with Crippen molar-refractivity contribution in [2.45, 2.75) is 26.7 Å². The van der Waals surface area contributed by atoms with Crippen LogP contribution in [-0.2, 0) is 4.79 Å². The lowest BCUT2D eigenvalue weighted by Gasteiger charge is -2.31. The van der Waals surface area contributed by atoms with Crippen LogP contribution in [0.25, 0.3) is 0 Å². The van der Waals surface area contributed by atoms with Gasteiger partial charge in [-0.15, -0.1) is 0 Å². The number of piperidine rings is 1. The zero-order chi connectivity index (χ0) is 19.9. The minimum absolute atomic E-state index is 0.00255. The van der Waals surface area contributed by atoms with Gasteiger partial charge in [0.25, 0.3) is 0 Å². The molecule has 6 heteroatoms. The summed E-state index contributed by atoms with van der Waals surface area (Å²) in [7, 11) is 0. The molecule has 1 fully saturated rings. The van der Waals surface area contributed by atoms with Crippen LogP contribution >= 0.6 is 0 Å². The molecular formula is C22H27N3O3. The largest absolute Gasteiger partial charge is 0.494 e. The third kappa shape index (κ3) is 5.25. The highest BCUT2D eigenvalue weighted by molar-refractivity contribution is 5.93. The van der Waals surface area contributed by atoms with Crippen molar-refractivity contribution in [2.24, 2.45) is 5.92 Å². The van der Waals surface area contributed by atoms with Crippen molar-refractivity contribution < 1.29 is 14.3 Å². The average Bonchev–Trinajstić information content (AvgIpc) is 2.71. The van der Waals surface area contributed by atoms with Crippen LogP contribution in [0.3, 0.4) is 0 Å². The highest BCUT2D eigenvalue weighted by atomic mass is 16.5. The van der Waals surface area contributed by atoms with Gasteiger partial charge in [0.05, 0.1) is 6.61 Å². The van der Waals surface area contributed by atoms with Gasteiger partial charge in [-0.25, -0.2) is 4.79 Å². The summed E-state index contributed by atoms with van der Waals surface area (Å²) in [6, 6.07) is 15.0. The molecule has 3 amide bonds. The van der Waals surface area contributed by atoms with Crippen LogP contribution in [0.2, 0.25) is 0 Å². The summed E-state index contributed by atoms with van der Waals surface area (Å²) in [5, 5.41) is 5.87. The molecule has 0 aliphatic carbocycles. The molecule has 1 aliphatic rings. The van der Waals surface area contributed by atoms with Gasteiger partial charge in [0, 0.05) is 30.4 Å². The molecule has 2 N–H and O–H groups in total. The summed E-state index contributed by atoms with van der Waals surface area (Å²) in [6.07, 6.45) is 1.31. The number of aryl methyl sites for hydroxylation is 1. The first-order valence-corrected chi connectivity index (χ1v) is 9.71. The number of anilines is 2. The van der Waals surface area contributed by atoms with E-state index in [0.717, 1.165) is 22.7 Å². The SMILES string of the molecule is CCOc1ccc(NC(=O)C2CCN(C(=O)Nc3ccc(C)cc3)CC2)cc1. The average molecular weight is 381 g/mol. The Balaban J connectivity index is 1.46. The van der Waals surface area contributed by atoms with Crippen LogP contribution in [0.15, 0.2) is 48.5 Å². The molecular weight excluding hydrogens is 354 g/mol. The van der Waals surface area contributed by atoms with E-state index >= 15 is 0 Å². The Labute approximate surface area is 165 Å². The molecule has 2 aromatic rings. The van der Waals surface area contributed by atoms with Gasteiger partial charge in [-0.1, -0.05) is 17.7 Å². The smallest absolute Gasteiger partial charge is 0.321 e. The van der Waals surface area contributed by atoms with Gasteiger partial charge in [-0.3, -0.25) is 4.79 Å². The number of nitrogens with one attached hydrogen (secondary N) is 2. The normalized spacial score (nSPS) is 14.4. The van der Waals surface area contributed by atoms with Gasteiger partial charge in [0.1, 0.15) is 5.75 Å². The van der Waals surface area contributed by atoms with E-state index in [1.165, 1.54) is 0 Å². The van der Waals surface area contributed by atoms with Crippen molar-refractivity contribution in [1.82, 2.24) is 4.90 Å². The molecule has 28 heavy (non-hydrogen) atoms. The second-order valence-corrected chi connectivity index (χ2v) is 7.00. The highest BCUT2D eigenvalue weighted by Gasteiger charge is 2.27. The van der Waals surface area contributed by atoms with Gasteiger partial charge in [0.2, 0.25) is 5.91 Å². The van der Waals surface area contributed by atoms with E-state index in [4.69, 9.17) is 4.74 Å². The van der Waals surface area contributed by atoms with Crippen LogP contribution in [-0.4, -0.2) is 36.5 Å². The summed E-state index contributed by atoms with van der Waals surface area (Å²) in [5.74, 6) is 0.700. The topological polar surface area (TPSA) is 70.7 Å². The van der Waals surface area contributed by atoms with Gasteiger partial charge in [0.15, 0.2) is 0 Å². The Morgan fingerprint density at radius 2 is 1.54 bits per heavy atom. The number of carbonyl (C=O) groups is 2. The number of ether oxygens (including phenoxy) is 1. The number of benzene rings is 2. The predicted molar refractivity (Wildman–Crippen MR) is 111 cm³/mol. The van der Waals surface area contributed by atoms with E-state index in [1.54, 1.807) is 4.90 Å². The van der Waals surface area contributed by atoms with Gasteiger partial charge < -0.3 is 20.3 Å². The van der Waals surface area contributed by atoms with E-state index in [-0.39, 0.29) is 17.9 Å². The minimum Gasteiger partial charge on any atom is -0.494 e. The number of nitrogens with zero attached hydrogens (tertiary/aromatic N) is 1. The fourth-order valence-corrected chi connectivity index (χ4v) is 3.23. The van der Waals surface area contributed by atoms with Crippen molar-refractivity contribution in [3.05, 3.63) is 54.1 Å². The fourth-order valence-electron chi connectivity index (χ4n) is 3.23. The fraction of sp³-hybridized carbons (Fsp3) is 0.364. The molecule has 6 nitrogen and oxygen atoms in total. The zero-order valence-corrected chi connectivity index (χ0v) is 16.4. The molecule has 0 radical (unpaired) electrons. The molecule has 0 aromatic heterocycles. The van der Waals surface area contributed by atoms with Crippen LogP contribution in [0.1, 0.15) is 25.3 Å². The van der Waals surface area contributed by atoms with Crippen LogP contribution < -0.4 is 15.4 Å². The first kappa shape index (κ1) is 19.7. The predicted octanol–water partition coefficient (Wildman–Crippen LogP) is 4.28. The highest BCUT2D eigenvalue weighted by Crippen LogP contribution is 2.22. The number of amides is 3. The molecule has 0 atom stereocenters. The molecule has 2 aromatic carbocycles. The molecule has 1 saturated heterocycles. The van der Waals surface area contributed by atoms with E-state index in [2.05, 4.69) is 10.6 Å². The Morgan fingerprint density at radius 1 is 0.964 bits per heavy atom. The maximum absolute atomic E-state index is 12.5. The zero-order valence-electron chi connectivity index (χ0n) is 16.4. The number of carbonyl (C=O) groups excluding carboxylic acids is 2. The van der Waals surface area contributed by atoms with E-state index in [9.17, 15) is 9.59 Å². The lowest BCUT2D eigenvalue weighted by Crippen LogP contribution is -2.43. The van der Waals surface area contributed by atoms with Crippen molar-refractivity contribution in [3.63, 3.8) is 0 Å². The lowest BCUT2D eigenvalue weighted by atomic mass is 9.96. The minimum atomic E-state index is -0.116. The summed E-state index contributed by atoms with van der Waals surface area (Å²) < 4.78 is 5.41. The van der Waals surface area contributed by atoms with Crippen molar-refractivity contribution >= 4 is 23.3 Å². The number of rotatable bonds is 5. The monoisotopic (exact) mass is 381 g/mol. The molecule has 1 aliphatic heterocycles.